The van der Waals surface area contributed by atoms with Gasteiger partial charge >= 0.3 is 0 Å². The second-order valence-electron chi connectivity index (χ2n) is 28.9. The Balaban J connectivity index is 0.772. The van der Waals surface area contributed by atoms with E-state index < -0.39 is 5.41 Å². The van der Waals surface area contributed by atoms with Crippen molar-refractivity contribution in [2.75, 3.05) is 14.7 Å². The Bertz CT molecular complexity index is 7080. The molecule has 0 saturated heterocycles. The molecule has 5 heterocycles. The maximum Gasteiger partial charge on any atom is 0.143 e. The fourth-order valence-electron chi connectivity index (χ4n) is 18.1. The van der Waals surface area contributed by atoms with E-state index in [-0.39, 0.29) is 0 Å². The Morgan fingerprint density at radius 1 is 0.234 bits per heavy atom. The number of furan rings is 1. The zero-order chi connectivity index (χ0) is 72.8. The lowest BCUT2D eigenvalue weighted by molar-refractivity contribution is 0.436. The van der Waals surface area contributed by atoms with Crippen LogP contribution >= 0.6 is 34.0 Å². The third-order valence-corrected chi connectivity index (χ3v) is 26.3. The van der Waals surface area contributed by atoms with Gasteiger partial charge in [0.2, 0.25) is 0 Å². The van der Waals surface area contributed by atoms with Crippen LogP contribution in [0.5, 0.6) is 11.5 Å². The minimum absolute atomic E-state index is 0.771. The molecular formula is C103H63N3O2S3. The number of hydrogen-bond donors (Lipinski definition) is 0. The average molecular weight is 1470 g/mol. The Labute approximate surface area is 652 Å². The molecule has 0 saturated carbocycles. The highest BCUT2D eigenvalue weighted by atomic mass is 32.1. The third kappa shape index (κ3) is 9.91. The number of para-hydroxylation sites is 5. The van der Waals surface area contributed by atoms with Gasteiger partial charge in [0.1, 0.15) is 22.7 Å². The second kappa shape index (κ2) is 25.3. The van der Waals surface area contributed by atoms with E-state index in [0.29, 0.717) is 0 Å². The zero-order valence-electron chi connectivity index (χ0n) is 59.8. The smallest absolute Gasteiger partial charge is 0.143 e. The Hall–Kier alpha value is -13.6. The topological polar surface area (TPSA) is 32.1 Å². The monoisotopic (exact) mass is 1470 g/mol. The molecule has 0 N–H and O–H groups in total. The number of hydrogen-bond acceptors (Lipinski definition) is 8. The first-order valence-corrected chi connectivity index (χ1v) is 40.1. The number of benzene rings is 17. The largest absolute Gasteiger partial charge is 0.457 e. The number of thiophene rings is 3. The van der Waals surface area contributed by atoms with Crippen LogP contribution in [0.1, 0.15) is 22.3 Å². The van der Waals surface area contributed by atoms with E-state index in [1.165, 1.54) is 71.6 Å². The van der Waals surface area contributed by atoms with Gasteiger partial charge in [-0.15, -0.1) is 34.0 Å². The van der Waals surface area contributed by atoms with Crippen LogP contribution in [0.3, 0.4) is 0 Å². The number of anilines is 9. The Kier molecular flexibility index (Phi) is 14.4. The van der Waals surface area contributed by atoms with Crippen LogP contribution in [-0.2, 0) is 5.41 Å². The van der Waals surface area contributed by atoms with Crippen molar-refractivity contribution in [3.63, 3.8) is 0 Å². The van der Waals surface area contributed by atoms with Crippen LogP contribution in [0.15, 0.2) is 387 Å². The van der Waals surface area contributed by atoms with Gasteiger partial charge in [-0.25, -0.2) is 0 Å². The summed E-state index contributed by atoms with van der Waals surface area (Å²) in [6.45, 7) is 0. The highest BCUT2D eigenvalue weighted by Crippen LogP contribution is 2.65. The van der Waals surface area contributed by atoms with E-state index in [2.05, 4.69) is 397 Å². The quantitative estimate of drug-likeness (QED) is 0.122. The van der Waals surface area contributed by atoms with Crippen LogP contribution in [0, 0.1) is 0 Å². The Morgan fingerprint density at radius 3 is 1.24 bits per heavy atom. The number of fused-ring (bicyclic) bond motifs is 21. The van der Waals surface area contributed by atoms with E-state index >= 15 is 0 Å². The van der Waals surface area contributed by atoms with Gasteiger partial charge in [0, 0.05) is 145 Å². The molecule has 0 atom stereocenters. The summed E-state index contributed by atoms with van der Waals surface area (Å²) in [5.74, 6) is 1.54. The summed E-state index contributed by atoms with van der Waals surface area (Å²) in [4.78, 5) is 7.39. The zero-order valence-corrected chi connectivity index (χ0v) is 62.2. The first kappa shape index (κ1) is 63.5. The summed E-state index contributed by atoms with van der Waals surface area (Å²) in [5.41, 5.74) is 23.8. The molecule has 1 aliphatic carbocycles. The molecule has 0 fully saturated rings. The summed E-state index contributed by atoms with van der Waals surface area (Å²) in [7, 11) is 0. The molecule has 0 bridgehead atoms. The van der Waals surface area contributed by atoms with Crippen molar-refractivity contribution >= 4 is 168 Å². The van der Waals surface area contributed by atoms with Gasteiger partial charge in [-0.2, -0.15) is 0 Å². The van der Waals surface area contributed by atoms with Gasteiger partial charge in [0.25, 0.3) is 0 Å². The minimum Gasteiger partial charge on any atom is -0.457 e. The standard InChI is InChI=1S/C103H63N3O2S3/c1-6-27-64(28-7-1)66-55-89(99-80-40-19-24-47-95(80)109-97(99)57-66)105(69-33-12-4-13-34-69)72-50-53-87-92(62-72)107-93-63-73(106(70-35-14-5-15-36-70)90-56-67(65-29-8-2-9-30-65)58-98-100(90)81-41-20-25-48-96(81)110-98)51-54-88(93)103(87)85-44-21-16-37-75(85)82-59-71(49-52-86(82)103)104(68-31-10-3-11-32-68)74-60-83-77-39-18-23-46-94(77)111-102(83)84(61-74)79-43-26-42-78-76-38-17-22-45-91(76)108-101(78)79/h1-63H. The van der Waals surface area contributed by atoms with Crippen LogP contribution in [-0.4, -0.2) is 0 Å². The summed E-state index contributed by atoms with van der Waals surface area (Å²) in [6, 6.07) is 141. The summed E-state index contributed by atoms with van der Waals surface area (Å²) >= 11 is 5.54. The molecular weight excluding hydrogens is 1410 g/mol. The van der Waals surface area contributed by atoms with Crippen molar-refractivity contribution in [1.82, 2.24) is 0 Å². The number of rotatable bonds is 12. The van der Waals surface area contributed by atoms with Crippen LogP contribution in [0.2, 0.25) is 0 Å². The molecule has 1 spiro atoms. The summed E-state index contributed by atoms with van der Waals surface area (Å²) < 4.78 is 22.2. The van der Waals surface area contributed by atoms with Crippen molar-refractivity contribution in [2.45, 2.75) is 5.41 Å². The van der Waals surface area contributed by atoms with Crippen molar-refractivity contribution < 1.29 is 9.15 Å². The van der Waals surface area contributed by atoms with Gasteiger partial charge in [-0.3, -0.25) is 0 Å². The predicted octanol–water partition coefficient (Wildman–Crippen LogP) is 30.6. The van der Waals surface area contributed by atoms with Gasteiger partial charge in [0.15, 0.2) is 0 Å². The highest BCUT2D eigenvalue weighted by Gasteiger charge is 2.52. The molecule has 1 aliphatic heterocycles. The average Bonchev–Trinajstić information content (AvgIpc) is 1.55. The van der Waals surface area contributed by atoms with E-state index in [4.69, 9.17) is 9.15 Å². The van der Waals surface area contributed by atoms with Gasteiger partial charge in [0.05, 0.1) is 16.8 Å². The maximum absolute atomic E-state index is 7.96. The SMILES string of the molecule is c1ccc(-c2cc(N(c3ccccc3)c3ccc4c(c3)Oc3cc(N(c5ccccc5)c5cc(-c6ccccc6)cc6sc7ccccc7c56)ccc3C43c4ccccc4-c4cc(N(c5ccccc5)c5cc(-c6cccc7c6oc6ccccc67)c6sc7ccccc7c6c5)ccc43)c3c(c2)sc2ccccc23)cc1. The molecule has 8 heteroatoms. The lowest BCUT2D eigenvalue weighted by Crippen LogP contribution is -2.32. The molecule has 0 amide bonds. The molecule has 23 rings (SSSR count). The number of ether oxygens (including phenoxy) is 1. The van der Waals surface area contributed by atoms with Crippen LogP contribution in [0.4, 0.5) is 51.2 Å². The van der Waals surface area contributed by atoms with E-state index in [0.717, 1.165) is 140 Å². The normalized spacial score (nSPS) is 12.6. The minimum atomic E-state index is -0.891. The maximum atomic E-state index is 7.96. The lowest BCUT2D eigenvalue weighted by Gasteiger charge is -2.40. The third-order valence-electron chi connectivity index (χ3n) is 22.8. The Morgan fingerprint density at radius 2 is 0.667 bits per heavy atom. The predicted molar refractivity (Wildman–Crippen MR) is 470 cm³/mol. The van der Waals surface area contributed by atoms with E-state index in [1.807, 2.05) is 34.0 Å². The van der Waals surface area contributed by atoms with Crippen molar-refractivity contribution in [2.24, 2.45) is 0 Å². The van der Waals surface area contributed by atoms with E-state index in [1.54, 1.807) is 0 Å². The van der Waals surface area contributed by atoms with Crippen molar-refractivity contribution in [3.05, 3.63) is 404 Å². The molecule has 2 aliphatic rings. The van der Waals surface area contributed by atoms with Gasteiger partial charge in [-0.1, -0.05) is 249 Å². The molecule has 5 nitrogen and oxygen atoms in total. The van der Waals surface area contributed by atoms with Crippen LogP contribution in [0.25, 0.3) is 127 Å². The first-order valence-electron chi connectivity index (χ1n) is 37.7. The fraction of sp³-hybridized carbons (Fsp3) is 0.00971. The molecule has 0 unspecified atom stereocenters. The second-order valence-corrected chi connectivity index (χ2v) is 32.1. The molecule has 0 radical (unpaired) electrons. The van der Waals surface area contributed by atoms with Gasteiger partial charge in [-0.05, 0) is 166 Å². The molecule has 111 heavy (non-hydrogen) atoms. The fourth-order valence-corrected chi connectivity index (χ4v) is 21.6. The summed E-state index contributed by atoms with van der Waals surface area (Å²) in [6.07, 6.45) is 0. The first-order chi connectivity index (χ1) is 55.0. The van der Waals surface area contributed by atoms with Crippen molar-refractivity contribution in [1.29, 1.82) is 0 Å². The lowest BCUT2D eigenvalue weighted by atomic mass is 9.66. The molecule has 21 aromatic rings. The van der Waals surface area contributed by atoms with Gasteiger partial charge < -0.3 is 23.9 Å². The molecule has 17 aromatic carbocycles. The number of nitrogens with zero attached hydrogens (tertiary/aromatic N) is 3. The van der Waals surface area contributed by atoms with E-state index in [9.17, 15) is 0 Å². The summed E-state index contributed by atoms with van der Waals surface area (Å²) in [5, 5.41) is 9.48. The van der Waals surface area contributed by atoms with Crippen molar-refractivity contribution in [3.8, 4) is 56.0 Å². The highest BCUT2D eigenvalue weighted by molar-refractivity contribution is 7.27. The molecule has 520 valence electrons. The van der Waals surface area contributed by atoms with Crippen LogP contribution < -0.4 is 19.4 Å². The molecule has 4 aromatic heterocycles.